The molecule has 1 aromatic rings. The van der Waals surface area contributed by atoms with Gasteiger partial charge in [-0.2, -0.15) is 0 Å². The molecular weight excluding hydrogens is 180 g/mol. The standard InChI is InChI=1S/C11H12O3/c1-3-4-8-6-5-7(2)9(10(8)12)11(13)14/h3,5-6,12H,1,4H2,2H3,(H,13,14). The lowest BCUT2D eigenvalue weighted by atomic mass is 10.0. The topological polar surface area (TPSA) is 57.5 Å². The monoisotopic (exact) mass is 192 g/mol. The van der Waals surface area contributed by atoms with Gasteiger partial charge in [0.05, 0.1) is 0 Å². The summed E-state index contributed by atoms with van der Waals surface area (Å²) in [5.74, 6) is -1.26. The lowest BCUT2D eigenvalue weighted by Gasteiger charge is -2.07. The maximum Gasteiger partial charge on any atom is 0.339 e. The molecule has 0 aliphatic carbocycles. The molecule has 1 rings (SSSR count). The van der Waals surface area contributed by atoms with Crippen molar-refractivity contribution in [1.82, 2.24) is 0 Å². The van der Waals surface area contributed by atoms with E-state index in [-0.39, 0.29) is 11.3 Å². The molecule has 0 spiro atoms. The fourth-order valence-corrected chi connectivity index (χ4v) is 1.33. The molecule has 0 saturated heterocycles. The van der Waals surface area contributed by atoms with Crippen molar-refractivity contribution >= 4 is 5.97 Å². The van der Waals surface area contributed by atoms with Crippen molar-refractivity contribution in [1.29, 1.82) is 0 Å². The third-order valence-corrected chi connectivity index (χ3v) is 2.05. The summed E-state index contributed by atoms with van der Waals surface area (Å²) in [4.78, 5) is 10.8. The highest BCUT2D eigenvalue weighted by Crippen LogP contribution is 2.26. The molecule has 0 heterocycles. The molecule has 2 N–H and O–H groups in total. The quantitative estimate of drug-likeness (QED) is 0.721. The van der Waals surface area contributed by atoms with Crippen molar-refractivity contribution in [3.63, 3.8) is 0 Å². The predicted molar refractivity (Wildman–Crippen MR) is 53.7 cm³/mol. The second kappa shape index (κ2) is 3.96. The minimum Gasteiger partial charge on any atom is -0.507 e. The van der Waals surface area contributed by atoms with Gasteiger partial charge in [0.2, 0.25) is 0 Å². The van der Waals surface area contributed by atoms with E-state index in [0.717, 1.165) is 0 Å². The van der Waals surface area contributed by atoms with Crippen molar-refractivity contribution in [2.45, 2.75) is 13.3 Å². The van der Waals surface area contributed by atoms with Crippen LogP contribution in [0.1, 0.15) is 21.5 Å². The Morgan fingerprint density at radius 1 is 1.57 bits per heavy atom. The third-order valence-electron chi connectivity index (χ3n) is 2.05. The number of aromatic hydroxyl groups is 1. The second-order valence-corrected chi connectivity index (χ2v) is 3.06. The minimum atomic E-state index is -1.11. The van der Waals surface area contributed by atoms with Gasteiger partial charge >= 0.3 is 5.97 Å². The van der Waals surface area contributed by atoms with Crippen molar-refractivity contribution in [2.24, 2.45) is 0 Å². The van der Waals surface area contributed by atoms with E-state index in [2.05, 4.69) is 6.58 Å². The fourth-order valence-electron chi connectivity index (χ4n) is 1.33. The summed E-state index contributed by atoms with van der Waals surface area (Å²) in [6.45, 7) is 5.19. The summed E-state index contributed by atoms with van der Waals surface area (Å²) in [7, 11) is 0. The molecule has 0 aliphatic heterocycles. The van der Waals surface area contributed by atoms with E-state index in [9.17, 15) is 9.90 Å². The van der Waals surface area contributed by atoms with Crippen LogP contribution in [0.3, 0.4) is 0 Å². The van der Waals surface area contributed by atoms with E-state index in [1.807, 2.05) is 0 Å². The summed E-state index contributed by atoms with van der Waals surface area (Å²) in [6, 6.07) is 3.39. The Balaban J connectivity index is 3.32. The van der Waals surface area contributed by atoms with Crippen molar-refractivity contribution in [3.8, 4) is 5.75 Å². The van der Waals surface area contributed by atoms with Crippen molar-refractivity contribution in [2.75, 3.05) is 0 Å². The lowest BCUT2D eigenvalue weighted by molar-refractivity contribution is 0.0692. The van der Waals surface area contributed by atoms with Gasteiger partial charge in [0.1, 0.15) is 11.3 Å². The maximum atomic E-state index is 10.8. The molecule has 0 fully saturated rings. The SMILES string of the molecule is C=CCc1ccc(C)c(C(=O)O)c1O. The molecule has 14 heavy (non-hydrogen) atoms. The van der Waals surface area contributed by atoms with Crippen LogP contribution in [0.2, 0.25) is 0 Å². The Bertz CT molecular complexity index is 380. The van der Waals surface area contributed by atoms with Gasteiger partial charge in [-0.05, 0) is 24.5 Å². The molecule has 0 unspecified atom stereocenters. The highest BCUT2D eigenvalue weighted by atomic mass is 16.4. The molecule has 74 valence electrons. The van der Waals surface area contributed by atoms with Gasteiger partial charge in [0.15, 0.2) is 0 Å². The third kappa shape index (κ3) is 1.76. The Kier molecular flexibility index (Phi) is 2.92. The van der Waals surface area contributed by atoms with Crippen LogP contribution in [0.25, 0.3) is 0 Å². The Labute approximate surface area is 82.3 Å². The Morgan fingerprint density at radius 3 is 2.71 bits per heavy atom. The molecule has 3 nitrogen and oxygen atoms in total. The fraction of sp³-hybridized carbons (Fsp3) is 0.182. The lowest BCUT2D eigenvalue weighted by Crippen LogP contribution is -2.02. The first-order valence-electron chi connectivity index (χ1n) is 4.23. The zero-order valence-electron chi connectivity index (χ0n) is 7.95. The number of carboxylic acids is 1. The number of hydrogen-bond acceptors (Lipinski definition) is 2. The van der Waals surface area contributed by atoms with E-state index in [0.29, 0.717) is 17.5 Å². The zero-order chi connectivity index (χ0) is 10.7. The number of rotatable bonds is 3. The number of aryl methyl sites for hydroxylation is 1. The van der Waals surface area contributed by atoms with Gasteiger partial charge in [0, 0.05) is 0 Å². The first kappa shape index (κ1) is 10.3. The van der Waals surface area contributed by atoms with Crippen molar-refractivity contribution < 1.29 is 15.0 Å². The predicted octanol–water partition coefficient (Wildman–Crippen LogP) is 2.13. The summed E-state index contributed by atoms with van der Waals surface area (Å²) in [5, 5.41) is 18.5. The second-order valence-electron chi connectivity index (χ2n) is 3.06. The first-order valence-corrected chi connectivity index (χ1v) is 4.23. The minimum absolute atomic E-state index is 0.0237. The molecule has 1 aromatic carbocycles. The average Bonchev–Trinajstić information content (AvgIpc) is 2.10. The van der Waals surface area contributed by atoms with E-state index in [4.69, 9.17) is 5.11 Å². The molecule has 0 aliphatic rings. The van der Waals surface area contributed by atoms with Crippen LogP contribution in [0.5, 0.6) is 5.75 Å². The van der Waals surface area contributed by atoms with Crippen LogP contribution in [-0.4, -0.2) is 16.2 Å². The van der Waals surface area contributed by atoms with Crippen LogP contribution in [0.15, 0.2) is 24.8 Å². The molecule has 0 aromatic heterocycles. The molecule has 0 radical (unpaired) electrons. The number of benzene rings is 1. The number of aromatic carboxylic acids is 1. The summed E-state index contributed by atoms with van der Waals surface area (Å²) in [6.07, 6.45) is 2.09. The van der Waals surface area contributed by atoms with Crippen LogP contribution in [0, 0.1) is 6.92 Å². The summed E-state index contributed by atoms with van der Waals surface area (Å²) >= 11 is 0. The van der Waals surface area contributed by atoms with Gasteiger partial charge in [0.25, 0.3) is 0 Å². The van der Waals surface area contributed by atoms with Crippen molar-refractivity contribution in [3.05, 3.63) is 41.5 Å². The summed E-state index contributed by atoms with van der Waals surface area (Å²) in [5.41, 5.74) is 1.12. The normalized spacial score (nSPS) is 9.79. The van der Waals surface area contributed by atoms with E-state index in [1.54, 1.807) is 25.1 Å². The van der Waals surface area contributed by atoms with Crippen LogP contribution in [-0.2, 0) is 6.42 Å². The summed E-state index contributed by atoms with van der Waals surface area (Å²) < 4.78 is 0. The number of phenols is 1. The van der Waals surface area contributed by atoms with Crippen LogP contribution in [0.4, 0.5) is 0 Å². The van der Waals surface area contributed by atoms with Gasteiger partial charge in [-0.25, -0.2) is 4.79 Å². The van der Waals surface area contributed by atoms with Gasteiger partial charge < -0.3 is 10.2 Å². The largest absolute Gasteiger partial charge is 0.507 e. The van der Waals surface area contributed by atoms with Gasteiger partial charge in [-0.1, -0.05) is 18.2 Å². The molecular formula is C11H12O3. The van der Waals surface area contributed by atoms with Gasteiger partial charge in [-0.15, -0.1) is 6.58 Å². The number of hydrogen-bond donors (Lipinski definition) is 2. The Morgan fingerprint density at radius 2 is 2.21 bits per heavy atom. The smallest absolute Gasteiger partial charge is 0.339 e. The zero-order valence-corrected chi connectivity index (χ0v) is 7.95. The Hall–Kier alpha value is -1.77. The molecule has 0 saturated carbocycles. The first-order chi connectivity index (χ1) is 6.57. The molecule has 0 bridgehead atoms. The van der Waals surface area contributed by atoms with Crippen LogP contribution < -0.4 is 0 Å². The van der Waals surface area contributed by atoms with Crippen LogP contribution >= 0.6 is 0 Å². The van der Waals surface area contributed by atoms with E-state index >= 15 is 0 Å². The highest BCUT2D eigenvalue weighted by molar-refractivity contribution is 5.93. The number of carbonyl (C=O) groups is 1. The van der Waals surface area contributed by atoms with E-state index in [1.165, 1.54) is 0 Å². The molecule has 3 heteroatoms. The number of allylic oxidation sites excluding steroid dienone is 1. The molecule has 0 atom stereocenters. The highest BCUT2D eigenvalue weighted by Gasteiger charge is 2.15. The van der Waals surface area contributed by atoms with E-state index < -0.39 is 5.97 Å². The maximum absolute atomic E-state index is 10.8. The average molecular weight is 192 g/mol. The van der Waals surface area contributed by atoms with Gasteiger partial charge in [-0.3, -0.25) is 0 Å². The molecule has 0 amide bonds. The number of carboxylic acid groups (broad SMARTS) is 1.